The molecule has 0 unspecified atom stereocenters. The molecule has 0 aliphatic carbocycles. The van der Waals surface area contributed by atoms with E-state index in [1.165, 1.54) is 0 Å². The van der Waals surface area contributed by atoms with Gasteiger partial charge < -0.3 is 11.1 Å². The maximum absolute atomic E-state index is 11.4. The summed E-state index contributed by atoms with van der Waals surface area (Å²) in [5.74, 6) is 0.0152. The van der Waals surface area contributed by atoms with Crippen LogP contribution in [0.25, 0.3) is 0 Å². The fraction of sp³-hybridized carbons (Fsp3) is 0.364. The molecule has 0 radical (unpaired) electrons. The number of rotatable bonds is 3. The molecule has 1 amide bonds. The van der Waals surface area contributed by atoms with Crippen molar-refractivity contribution in [3.05, 3.63) is 22.2 Å². The Morgan fingerprint density at radius 1 is 1.53 bits per heavy atom. The SMILES string of the molecule is CCCC(=O)Nc1cc(N)c(C)cc1Br. The molecule has 0 saturated carbocycles. The van der Waals surface area contributed by atoms with Gasteiger partial charge in [0, 0.05) is 16.6 Å². The Hall–Kier alpha value is -1.03. The van der Waals surface area contributed by atoms with Crippen LogP contribution in [-0.4, -0.2) is 5.91 Å². The number of aryl methyl sites for hydroxylation is 1. The molecule has 4 heteroatoms. The number of nitrogen functional groups attached to an aromatic ring is 1. The molecule has 0 fully saturated rings. The average Bonchev–Trinajstić information content (AvgIpc) is 2.14. The first-order chi connectivity index (χ1) is 7.04. The zero-order valence-corrected chi connectivity index (χ0v) is 10.5. The highest BCUT2D eigenvalue weighted by molar-refractivity contribution is 9.10. The zero-order valence-electron chi connectivity index (χ0n) is 8.93. The molecule has 82 valence electrons. The standard InChI is InChI=1S/C11H15BrN2O/c1-3-4-11(15)14-10-6-9(13)7(2)5-8(10)12/h5-6H,3-4,13H2,1-2H3,(H,14,15). The Bertz CT molecular complexity index is 377. The quantitative estimate of drug-likeness (QED) is 0.830. The summed E-state index contributed by atoms with van der Waals surface area (Å²) in [7, 11) is 0. The van der Waals surface area contributed by atoms with Crippen LogP contribution in [0.5, 0.6) is 0 Å². The number of benzene rings is 1. The molecule has 15 heavy (non-hydrogen) atoms. The van der Waals surface area contributed by atoms with E-state index in [1.54, 1.807) is 6.07 Å². The highest BCUT2D eigenvalue weighted by Crippen LogP contribution is 2.27. The number of halogens is 1. The third kappa shape index (κ3) is 3.23. The molecular formula is C11H15BrN2O. The van der Waals surface area contributed by atoms with Crippen molar-refractivity contribution in [3.63, 3.8) is 0 Å². The van der Waals surface area contributed by atoms with Crippen LogP contribution in [0.15, 0.2) is 16.6 Å². The first kappa shape index (κ1) is 12.0. The van der Waals surface area contributed by atoms with Crippen LogP contribution in [0.3, 0.4) is 0 Å². The summed E-state index contributed by atoms with van der Waals surface area (Å²) in [4.78, 5) is 11.4. The molecule has 0 aromatic heterocycles. The number of carbonyl (C=O) groups excluding carboxylic acids is 1. The highest BCUT2D eigenvalue weighted by atomic mass is 79.9. The minimum absolute atomic E-state index is 0.0152. The van der Waals surface area contributed by atoms with E-state index in [0.29, 0.717) is 12.1 Å². The molecule has 3 nitrogen and oxygen atoms in total. The van der Waals surface area contributed by atoms with Crippen molar-refractivity contribution in [2.75, 3.05) is 11.1 Å². The molecule has 1 aromatic rings. The molecule has 0 spiro atoms. The van der Waals surface area contributed by atoms with Gasteiger partial charge in [-0.15, -0.1) is 0 Å². The maximum Gasteiger partial charge on any atom is 0.224 e. The van der Waals surface area contributed by atoms with Gasteiger partial charge in [-0.1, -0.05) is 6.92 Å². The Morgan fingerprint density at radius 3 is 2.80 bits per heavy atom. The van der Waals surface area contributed by atoms with E-state index in [2.05, 4.69) is 21.2 Å². The second-order valence-corrected chi connectivity index (χ2v) is 4.34. The van der Waals surface area contributed by atoms with Gasteiger partial charge in [-0.3, -0.25) is 4.79 Å². The highest BCUT2D eigenvalue weighted by Gasteiger charge is 2.06. The minimum Gasteiger partial charge on any atom is -0.398 e. The monoisotopic (exact) mass is 270 g/mol. The molecule has 0 saturated heterocycles. The average molecular weight is 271 g/mol. The fourth-order valence-corrected chi connectivity index (χ4v) is 1.78. The first-order valence-electron chi connectivity index (χ1n) is 4.90. The zero-order chi connectivity index (χ0) is 11.4. The van der Waals surface area contributed by atoms with Crippen LogP contribution in [0, 0.1) is 6.92 Å². The largest absolute Gasteiger partial charge is 0.398 e. The molecule has 3 N–H and O–H groups in total. The van der Waals surface area contributed by atoms with Crippen LogP contribution < -0.4 is 11.1 Å². The van der Waals surface area contributed by atoms with E-state index < -0.39 is 0 Å². The van der Waals surface area contributed by atoms with Crippen molar-refractivity contribution in [3.8, 4) is 0 Å². The summed E-state index contributed by atoms with van der Waals surface area (Å²) in [5, 5.41) is 2.81. The lowest BCUT2D eigenvalue weighted by atomic mass is 10.2. The molecule has 0 heterocycles. The lowest BCUT2D eigenvalue weighted by Crippen LogP contribution is -2.11. The van der Waals surface area contributed by atoms with Gasteiger partial charge in [0.2, 0.25) is 5.91 Å². The number of amides is 1. The van der Waals surface area contributed by atoms with E-state index in [0.717, 1.165) is 22.1 Å². The molecule has 0 atom stereocenters. The summed E-state index contributed by atoms with van der Waals surface area (Å²) >= 11 is 3.39. The molecular weight excluding hydrogens is 256 g/mol. The Balaban J connectivity index is 2.86. The van der Waals surface area contributed by atoms with Gasteiger partial charge in [0.05, 0.1) is 5.69 Å². The number of nitrogens with one attached hydrogen (secondary N) is 1. The Morgan fingerprint density at radius 2 is 2.20 bits per heavy atom. The van der Waals surface area contributed by atoms with Crippen LogP contribution in [0.2, 0.25) is 0 Å². The summed E-state index contributed by atoms with van der Waals surface area (Å²) < 4.78 is 0.860. The predicted molar refractivity (Wildman–Crippen MR) is 66.8 cm³/mol. The van der Waals surface area contributed by atoms with Crippen molar-refractivity contribution < 1.29 is 4.79 Å². The van der Waals surface area contributed by atoms with Crippen molar-refractivity contribution in [1.82, 2.24) is 0 Å². The van der Waals surface area contributed by atoms with E-state index in [-0.39, 0.29) is 5.91 Å². The Labute approximate surface area is 98.2 Å². The predicted octanol–water partition coefficient (Wildman–Crippen LogP) is 3.08. The topological polar surface area (TPSA) is 55.1 Å². The van der Waals surface area contributed by atoms with Crippen molar-refractivity contribution in [2.24, 2.45) is 0 Å². The number of nitrogens with two attached hydrogens (primary N) is 1. The van der Waals surface area contributed by atoms with Crippen LogP contribution >= 0.6 is 15.9 Å². The normalized spacial score (nSPS) is 10.1. The fourth-order valence-electron chi connectivity index (χ4n) is 1.23. The second kappa shape index (κ2) is 5.16. The van der Waals surface area contributed by atoms with Gasteiger partial charge in [0.15, 0.2) is 0 Å². The van der Waals surface area contributed by atoms with E-state index >= 15 is 0 Å². The summed E-state index contributed by atoms with van der Waals surface area (Å²) in [6.45, 7) is 3.90. The third-order valence-electron chi connectivity index (χ3n) is 2.11. The number of hydrogen-bond donors (Lipinski definition) is 2. The van der Waals surface area contributed by atoms with Gasteiger partial charge in [-0.05, 0) is 47.0 Å². The van der Waals surface area contributed by atoms with Crippen LogP contribution in [0.4, 0.5) is 11.4 Å². The van der Waals surface area contributed by atoms with Crippen LogP contribution in [-0.2, 0) is 4.79 Å². The lowest BCUT2D eigenvalue weighted by molar-refractivity contribution is -0.116. The van der Waals surface area contributed by atoms with Gasteiger partial charge in [-0.25, -0.2) is 0 Å². The summed E-state index contributed by atoms with van der Waals surface area (Å²) in [6.07, 6.45) is 1.37. The van der Waals surface area contributed by atoms with Gasteiger partial charge in [0.25, 0.3) is 0 Å². The molecule has 1 aromatic carbocycles. The summed E-state index contributed by atoms with van der Waals surface area (Å²) in [5.41, 5.74) is 8.18. The van der Waals surface area contributed by atoms with E-state index in [1.807, 2.05) is 19.9 Å². The third-order valence-corrected chi connectivity index (χ3v) is 2.76. The van der Waals surface area contributed by atoms with Gasteiger partial charge in [0.1, 0.15) is 0 Å². The summed E-state index contributed by atoms with van der Waals surface area (Å²) in [6, 6.07) is 3.67. The molecule has 1 rings (SSSR count). The first-order valence-corrected chi connectivity index (χ1v) is 5.69. The Kier molecular flexibility index (Phi) is 4.15. The molecule has 0 aliphatic heterocycles. The second-order valence-electron chi connectivity index (χ2n) is 3.49. The van der Waals surface area contributed by atoms with Crippen molar-refractivity contribution in [2.45, 2.75) is 26.7 Å². The minimum atomic E-state index is 0.0152. The smallest absolute Gasteiger partial charge is 0.224 e. The van der Waals surface area contributed by atoms with Gasteiger partial charge in [-0.2, -0.15) is 0 Å². The van der Waals surface area contributed by atoms with Crippen LogP contribution in [0.1, 0.15) is 25.3 Å². The maximum atomic E-state index is 11.4. The van der Waals surface area contributed by atoms with E-state index in [4.69, 9.17) is 5.73 Å². The van der Waals surface area contributed by atoms with Gasteiger partial charge >= 0.3 is 0 Å². The number of anilines is 2. The molecule has 0 bridgehead atoms. The van der Waals surface area contributed by atoms with E-state index in [9.17, 15) is 4.79 Å². The lowest BCUT2D eigenvalue weighted by Gasteiger charge is -2.09. The number of carbonyl (C=O) groups is 1. The van der Waals surface area contributed by atoms with Crippen molar-refractivity contribution >= 4 is 33.2 Å². The van der Waals surface area contributed by atoms with Crippen molar-refractivity contribution in [1.29, 1.82) is 0 Å². The number of hydrogen-bond acceptors (Lipinski definition) is 2. The molecule has 0 aliphatic rings.